The minimum absolute atomic E-state index is 0.270. The molecule has 1 aromatic rings. The van der Waals surface area contributed by atoms with Gasteiger partial charge in [-0.3, -0.25) is 4.90 Å². The maximum atomic E-state index is 5.68. The van der Waals surface area contributed by atoms with Gasteiger partial charge >= 0.3 is 0 Å². The quantitative estimate of drug-likeness (QED) is 0.754. The molecule has 1 atom stereocenters. The molecule has 3 heterocycles. The van der Waals surface area contributed by atoms with Crippen LogP contribution in [0.2, 0.25) is 0 Å². The second-order valence-corrected chi connectivity index (χ2v) is 7.18. The average Bonchev–Trinajstić information content (AvgIpc) is 3.15. The third-order valence-corrected chi connectivity index (χ3v) is 5.64. The van der Waals surface area contributed by atoms with Crippen LogP contribution in [0.25, 0.3) is 0 Å². The average molecular weight is 314 g/mol. The second kappa shape index (κ2) is 7.75. The molecule has 1 aromatic heterocycles. The first-order chi connectivity index (χ1) is 9.92. The van der Waals surface area contributed by atoms with E-state index in [0.717, 1.165) is 51.6 Å². The molecular formula is C14H22N2O2S2. The van der Waals surface area contributed by atoms with Crippen LogP contribution in [0.15, 0.2) is 5.38 Å². The molecule has 112 valence electrons. The van der Waals surface area contributed by atoms with E-state index in [1.165, 1.54) is 22.9 Å². The monoisotopic (exact) mass is 314 g/mol. The number of hydrogen-bond donors (Lipinski definition) is 0. The summed E-state index contributed by atoms with van der Waals surface area (Å²) in [5.41, 5.74) is 1.22. The van der Waals surface area contributed by atoms with Crippen LogP contribution < -0.4 is 0 Å². The highest BCUT2D eigenvalue weighted by molar-refractivity contribution is 7.98. The summed E-state index contributed by atoms with van der Waals surface area (Å²) in [7, 11) is 0. The van der Waals surface area contributed by atoms with Crippen LogP contribution in [-0.2, 0) is 15.2 Å². The van der Waals surface area contributed by atoms with Crippen molar-refractivity contribution in [3.8, 4) is 0 Å². The van der Waals surface area contributed by atoms with Gasteiger partial charge in [0.15, 0.2) is 0 Å². The minimum atomic E-state index is 0.270. The summed E-state index contributed by atoms with van der Waals surface area (Å²) in [5, 5.41) is 3.37. The number of thiazole rings is 1. The normalized spacial score (nSPS) is 24.3. The standard InChI is InChI=1S/C14H22N2O2S2/c1-2-13(18-6-1)14-15-12(11-20-14)10-19-9-5-16-3-7-17-8-4-16/h11,13H,1-10H2. The molecule has 0 saturated carbocycles. The first kappa shape index (κ1) is 14.8. The summed E-state index contributed by atoms with van der Waals surface area (Å²) in [6.07, 6.45) is 2.58. The summed E-state index contributed by atoms with van der Waals surface area (Å²) >= 11 is 3.73. The molecule has 2 fully saturated rings. The Morgan fingerprint density at radius 3 is 3.05 bits per heavy atom. The Bertz CT molecular complexity index is 402. The lowest BCUT2D eigenvalue weighted by atomic mass is 10.2. The summed E-state index contributed by atoms with van der Waals surface area (Å²) in [6, 6.07) is 0. The van der Waals surface area contributed by atoms with E-state index >= 15 is 0 Å². The van der Waals surface area contributed by atoms with Gasteiger partial charge in [-0.05, 0) is 12.8 Å². The Kier molecular flexibility index (Phi) is 5.73. The predicted octanol–water partition coefficient (Wildman–Crippen LogP) is 2.56. The van der Waals surface area contributed by atoms with Crippen molar-refractivity contribution in [2.75, 3.05) is 45.2 Å². The van der Waals surface area contributed by atoms with Gasteiger partial charge < -0.3 is 9.47 Å². The van der Waals surface area contributed by atoms with E-state index in [2.05, 4.69) is 10.3 Å². The number of ether oxygens (including phenoxy) is 2. The summed E-state index contributed by atoms with van der Waals surface area (Å²) in [6.45, 7) is 6.01. The smallest absolute Gasteiger partial charge is 0.122 e. The molecule has 2 aliphatic heterocycles. The minimum Gasteiger partial charge on any atom is -0.379 e. The molecule has 0 aliphatic carbocycles. The summed E-state index contributed by atoms with van der Waals surface area (Å²) in [5.74, 6) is 2.19. The van der Waals surface area contributed by atoms with E-state index in [0.29, 0.717) is 0 Å². The SMILES string of the molecule is c1sc(C2CCCO2)nc1CSCCN1CCOCC1. The molecule has 0 bridgehead atoms. The van der Waals surface area contributed by atoms with Crippen LogP contribution in [-0.4, -0.2) is 55.1 Å². The van der Waals surface area contributed by atoms with Crippen LogP contribution in [0.3, 0.4) is 0 Å². The van der Waals surface area contributed by atoms with Crippen molar-refractivity contribution in [1.82, 2.24) is 9.88 Å². The van der Waals surface area contributed by atoms with Gasteiger partial charge in [0, 0.05) is 43.1 Å². The molecule has 0 amide bonds. The van der Waals surface area contributed by atoms with E-state index in [1.807, 2.05) is 11.8 Å². The molecular weight excluding hydrogens is 292 g/mol. The Hall–Kier alpha value is -0.140. The van der Waals surface area contributed by atoms with Crippen molar-refractivity contribution in [2.24, 2.45) is 0 Å². The maximum absolute atomic E-state index is 5.68. The number of rotatable bonds is 6. The number of morpholine rings is 1. The topological polar surface area (TPSA) is 34.6 Å². The third kappa shape index (κ3) is 4.18. The molecule has 6 heteroatoms. The van der Waals surface area contributed by atoms with E-state index in [4.69, 9.17) is 14.5 Å². The molecule has 2 aliphatic rings. The van der Waals surface area contributed by atoms with Crippen LogP contribution in [0.1, 0.15) is 29.6 Å². The Labute approximate surface area is 128 Å². The largest absolute Gasteiger partial charge is 0.379 e. The van der Waals surface area contributed by atoms with Gasteiger partial charge in [0.05, 0.1) is 18.9 Å². The predicted molar refractivity (Wildman–Crippen MR) is 83.5 cm³/mol. The molecule has 3 rings (SSSR count). The zero-order valence-electron chi connectivity index (χ0n) is 11.8. The van der Waals surface area contributed by atoms with E-state index < -0.39 is 0 Å². The van der Waals surface area contributed by atoms with Gasteiger partial charge in [-0.15, -0.1) is 11.3 Å². The Balaban J connectivity index is 1.35. The van der Waals surface area contributed by atoms with Crippen LogP contribution in [0.5, 0.6) is 0 Å². The molecule has 0 radical (unpaired) electrons. The van der Waals surface area contributed by atoms with Crippen LogP contribution >= 0.6 is 23.1 Å². The van der Waals surface area contributed by atoms with Crippen molar-refractivity contribution in [3.63, 3.8) is 0 Å². The lowest BCUT2D eigenvalue weighted by molar-refractivity contribution is 0.0410. The molecule has 0 aromatic carbocycles. The molecule has 2 saturated heterocycles. The highest BCUT2D eigenvalue weighted by Gasteiger charge is 2.20. The number of hydrogen-bond acceptors (Lipinski definition) is 6. The van der Waals surface area contributed by atoms with E-state index in [1.54, 1.807) is 11.3 Å². The fourth-order valence-electron chi connectivity index (χ4n) is 2.50. The van der Waals surface area contributed by atoms with Gasteiger partial charge in [0.2, 0.25) is 0 Å². The first-order valence-electron chi connectivity index (χ1n) is 7.35. The second-order valence-electron chi connectivity index (χ2n) is 5.19. The Morgan fingerprint density at radius 2 is 2.25 bits per heavy atom. The van der Waals surface area contributed by atoms with Crippen LogP contribution in [0, 0.1) is 0 Å². The zero-order chi connectivity index (χ0) is 13.6. The zero-order valence-corrected chi connectivity index (χ0v) is 13.4. The molecule has 0 spiro atoms. The lowest BCUT2D eigenvalue weighted by Gasteiger charge is -2.26. The molecule has 4 nitrogen and oxygen atoms in total. The highest BCUT2D eigenvalue weighted by Crippen LogP contribution is 2.31. The van der Waals surface area contributed by atoms with Gasteiger partial charge in [0.25, 0.3) is 0 Å². The van der Waals surface area contributed by atoms with E-state index in [9.17, 15) is 0 Å². The number of nitrogens with zero attached hydrogens (tertiary/aromatic N) is 2. The molecule has 1 unspecified atom stereocenters. The maximum Gasteiger partial charge on any atom is 0.122 e. The number of aromatic nitrogens is 1. The third-order valence-electron chi connectivity index (χ3n) is 3.68. The number of thioether (sulfide) groups is 1. The van der Waals surface area contributed by atoms with Crippen molar-refractivity contribution in [3.05, 3.63) is 16.1 Å². The summed E-state index contributed by atoms with van der Waals surface area (Å²) < 4.78 is 11.0. The van der Waals surface area contributed by atoms with Gasteiger partial charge in [-0.2, -0.15) is 11.8 Å². The fourth-order valence-corrected chi connectivity index (χ4v) is 4.40. The fraction of sp³-hybridized carbons (Fsp3) is 0.786. The Morgan fingerprint density at radius 1 is 1.35 bits per heavy atom. The van der Waals surface area contributed by atoms with Crippen molar-refractivity contribution in [2.45, 2.75) is 24.7 Å². The van der Waals surface area contributed by atoms with Crippen LogP contribution in [0.4, 0.5) is 0 Å². The lowest BCUT2D eigenvalue weighted by Crippen LogP contribution is -2.37. The van der Waals surface area contributed by atoms with Gasteiger partial charge in [0.1, 0.15) is 11.1 Å². The van der Waals surface area contributed by atoms with Gasteiger partial charge in [-0.1, -0.05) is 0 Å². The van der Waals surface area contributed by atoms with E-state index in [-0.39, 0.29) is 6.10 Å². The van der Waals surface area contributed by atoms with Crippen molar-refractivity contribution >= 4 is 23.1 Å². The molecule has 20 heavy (non-hydrogen) atoms. The molecule has 0 N–H and O–H groups in total. The van der Waals surface area contributed by atoms with Gasteiger partial charge in [-0.25, -0.2) is 4.98 Å². The summed E-state index contributed by atoms with van der Waals surface area (Å²) in [4.78, 5) is 7.20. The van der Waals surface area contributed by atoms with Crippen molar-refractivity contribution < 1.29 is 9.47 Å². The van der Waals surface area contributed by atoms with Crippen molar-refractivity contribution in [1.29, 1.82) is 0 Å². The highest BCUT2D eigenvalue weighted by atomic mass is 32.2. The first-order valence-corrected chi connectivity index (χ1v) is 9.39.